The average Bonchev–Trinajstić information content (AvgIpc) is 2.52. The molecule has 0 N–H and O–H groups in total. The molecule has 3 heteroatoms. The molecule has 70 valence electrons. The van der Waals surface area contributed by atoms with Crippen LogP contribution in [-0.4, -0.2) is 17.6 Å². The third-order valence-corrected chi connectivity index (χ3v) is 2.56. The SMILES string of the molecule is CC1CCCN1c1ncccc1F. The van der Waals surface area contributed by atoms with Gasteiger partial charge in [0.1, 0.15) is 0 Å². The number of halogens is 1. The van der Waals surface area contributed by atoms with Crippen molar-refractivity contribution in [1.29, 1.82) is 0 Å². The van der Waals surface area contributed by atoms with Gasteiger partial charge in [-0.25, -0.2) is 9.37 Å². The first-order valence-corrected chi connectivity index (χ1v) is 4.66. The zero-order valence-electron chi connectivity index (χ0n) is 7.70. The number of rotatable bonds is 1. The van der Waals surface area contributed by atoms with Gasteiger partial charge in [-0.3, -0.25) is 0 Å². The molecule has 0 saturated carbocycles. The Balaban J connectivity index is 2.29. The third kappa shape index (κ3) is 1.50. The van der Waals surface area contributed by atoms with Crippen molar-refractivity contribution >= 4 is 5.82 Å². The highest BCUT2D eigenvalue weighted by molar-refractivity contribution is 5.41. The molecule has 1 aliphatic rings. The highest BCUT2D eigenvalue weighted by Gasteiger charge is 2.23. The van der Waals surface area contributed by atoms with Crippen LogP contribution in [0.2, 0.25) is 0 Å². The van der Waals surface area contributed by atoms with Gasteiger partial charge < -0.3 is 4.90 Å². The van der Waals surface area contributed by atoms with E-state index in [1.807, 2.05) is 4.90 Å². The molecule has 1 atom stereocenters. The number of pyridine rings is 1. The van der Waals surface area contributed by atoms with Crippen molar-refractivity contribution in [2.24, 2.45) is 0 Å². The van der Waals surface area contributed by atoms with Crippen LogP contribution in [0.1, 0.15) is 19.8 Å². The molecule has 13 heavy (non-hydrogen) atoms. The first-order valence-electron chi connectivity index (χ1n) is 4.66. The highest BCUT2D eigenvalue weighted by atomic mass is 19.1. The van der Waals surface area contributed by atoms with Crippen LogP contribution in [0.4, 0.5) is 10.2 Å². The second-order valence-corrected chi connectivity index (χ2v) is 3.49. The zero-order chi connectivity index (χ0) is 9.26. The van der Waals surface area contributed by atoms with Crippen LogP contribution in [0.25, 0.3) is 0 Å². The van der Waals surface area contributed by atoms with Crippen molar-refractivity contribution in [2.75, 3.05) is 11.4 Å². The number of anilines is 1. The second kappa shape index (κ2) is 3.32. The van der Waals surface area contributed by atoms with Crippen molar-refractivity contribution in [2.45, 2.75) is 25.8 Å². The second-order valence-electron chi connectivity index (χ2n) is 3.49. The van der Waals surface area contributed by atoms with Crippen LogP contribution in [0.3, 0.4) is 0 Å². The molecule has 1 saturated heterocycles. The van der Waals surface area contributed by atoms with E-state index in [9.17, 15) is 4.39 Å². The van der Waals surface area contributed by atoms with Crippen LogP contribution < -0.4 is 4.90 Å². The maximum Gasteiger partial charge on any atom is 0.165 e. The van der Waals surface area contributed by atoms with Crippen molar-refractivity contribution in [3.63, 3.8) is 0 Å². The molecule has 1 fully saturated rings. The average molecular weight is 180 g/mol. The van der Waals surface area contributed by atoms with Crippen molar-refractivity contribution in [3.8, 4) is 0 Å². The van der Waals surface area contributed by atoms with E-state index < -0.39 is 0 Å². The molecule has 2 rings (SSSR count). The fourth-order valence-electron chi connectivity index (χ4n) is 1.84. The Morgan fingerprint density at radius 3 is 3.08 bits per heavy atom. The Bertz CT molecular complexity index is 301. The summed E-state index contributed by atoms with van der Waals surface area (Å²) in [5.74, 6) is 0.295. The van der Waals surface area contributed by atoms with Crippen LogP contribution in [0.5, 0.6) is 0 Å². The fourth-order valence-corrected chi connectivity index (χ4v) is 1.84. The Labute approximate surface area is 77.4 Å². The predicted molar refractivity (Wildman–Crippen MR) is 50.2 cm³/mol. The van der Waals surface area contributed by atoms with Gasteiger partial charge in [0.05, 0.1) is 0 Å². The van der Waals surface area contributed by atoms with Gasteiger partial charge in [0.2, 0.25) is 0 Å². The monoisotopic (exact) mass is 180 g/mol. The van der Waals surface area contributed by atoms with E-state index in [-0.39, 0.29) is 5.82 Å². The Morgan fingerprint density at radius 1 is 1.62 bits per heavy atom. The largest absolute Gasteiger partial charge is 0.351 e. The molecule has 1 aromatic heterocycles. The molecule has 0 radical (unpaired) electrons. The van der Waals surface area contributed by atoms with Gasteiger partial charge >= 0.3 is 0 Å². The lowest BCUT2D eigenvalue weighted by atomic mass is 10.2. The molecule has 2 heterocycles. The molecule has 0 aromatic carbocycles. The molecule has 1 unspecified atom stereocenters. The van der Waals surface area contributed by atoms with Gasteiger partial charge in [-0.2, -0.15) is 0 Å². The number of hydrogen-bond acceptors (Lipinski definition) is 2. The van der Waals surface area contributed by atoms with Gasteiger partial charge in [0.25, 0.3) is 0 Å². The number of aromatic nitrogens is 1. The van der Waals surface area contributed by atoms with Crippen LogP contribution in [-0.2, 0) is 0 Å². The lowest BCUT2D eigenvalue weighted by Crippen LogP contribution is -2.28. The predicted octanol–water partition coefficient (Wildman–Crippen LogP) is 2.21. The molecular weight excluding hydrogens is 167 g/mol. The van der Waals surface area contributed by atoms with E-state index in [1.165, 1.54) is 6.07 Å². The van der Waals surface area contributed by atoms with Crippen LogP contribution >= 0.6 is 0 Å². The van der Waals surface area contributed by atoms with Crippen LogP contribution in [0.15, 0.2) is 18.3 Å². The molecule has 0 bridgehead atoms. The van der Waals surface area contributed by atoms with E-state index >= 15 is 0 Å². The maximum atomic E-state index is 13.3. The van der Waals surface area contributed by atoms with Gasteiger partial charge in [-0.15, -0.1) is 0 Å². The van der Waals surface area contributed by atoms with E-state index in [1.54, 1.807) is 12.3 Å². The molecule has 2 nitrogen and oxygen atoms in total. The summed E-state index contributed by atoms with van der Waals surface area (Å²) >= 11 is 0. The van der Waals surface area contributed by atoms with E-state index in [0.29, 0.717) is 11.9 Å². The first kappa shape index (κ1) is 8.48. The van der Waals surface area contributed by atoms with Crippen molar-refractivity contribution in [1.82, 2.24) is 4.98 Å². The smallest absolute Gasteiger partial charge is 0.165 e. The summed E-state index contributed by atoms with van der Waals surface area (Å²) in [5, 5.41) is 0. The topological polar surface area (TPSA) is 16.1 Å². The Hall–Kier alpha value is -1.12. The van der Waals surface area contributed by atoms with E-state index in [4.69, 9.17) is 0 Å². The lowest BCUT2D eigenvalue weighted by Gasteiger charge is -2.22. The maximum absolute atomic E-state index is 13.3. The molecular formula is C10H13FN2. The summed E-state index contributed by atoms with van der Waals surface area (Å²) in [6, 6.07) is 3.51. The van der Waals surface area contributed by atoms with E-state index in [0.717, 1.165) is 19.4 Å². The van der Waals surface area contributed by atoms with Crippen molar-refractivity contribution in [3.05, 3.63) is 24.1 Å². The number of hydrogen-bond donors (Lipinski definition) is 0. The van der Waals surface area contributed by atoms with Gasteiger partial charge in [0, 0.05) is 18.8 Å². The summed E-state index contributed by atoms with van der Waals surface area (Å²) in [7, 11) is 0. The summed E-state index contributed by atoms with van der Waals surface area (Å²) in [6.45, 7) is 3.04. The van der Waals surface area contributed by atoms with E-state index in [2.05, 4.69) is 11.9 Å². The standard InChI is InChI=1S/C10H13FN2/c1-8-4-3-7-13(8)10-9(11)5-2-6-12-10/h2,5-6,8H,3-4,7H2,1H3. The van der Waals surface area contributed by atoms with Gasteiger partial charge in [-0.05, 0) is 31.9 Å². The summed E-state index contributed by atoms with van der Waals surface area (Å²) in [6.07, 6.45) is 3.91. The van der Waals surface area contributed by atoms with Gasteiger partial charge in [-0.1, -0.05) is 0 Å². The summed E-state index contributed by atoms with van der Waals surface area (Å²) in [5.41, 5.74) is 0. The normalized spacial score (nSPS) is 22.3. The fraction of sp³-hybridized carbons (Fsp3) is 0.500. The summed E-state index contributed by atoms with van der Waals surface area (Å²) < 4.78 is 13.3. The van der Waals surface area contributed by atoms with Crippen LogP contribution in [0, 0.1) is 5.82 Å². The minimum Gasteiger partial charge on any atom is -0.351 e. The minimum atomic E-state index is -0.212. The third-order valence-electron chi connectivity index (χ3n) is 2.56. The molecule has 1 aromatic rings. The lowest BCUT2D eigenvalue weighted by molar-refractivity contribution is 0.605. The first-order chi connectivity index (χ1) is 6.29. The molecule has 0 amide bonds. The molecule has 0 spiro atoms. The Kier molecular flexibility index (Phi) is 2.17. The van der Waals surface area contributed by atoms with Crippen molar-refractivity contribution < 1.29 is 4.39 Å². The summed E-state index contributed by atoms with van der Waals surface area (Å²) in [4.78, 5) is 6.10. The van der Waals surface area contributed by atoms with Gasteiger partial charge in [0.15, 0.2) is 11.6 Å². The molecule has 1 aliphatic heterocycles. The highest BCUT2D eigenvalue weighted by Crippen LogP contribution is 2.24. The minimum absolute atomic E-state index is 0.212. The zero-order valence-corrected chi connectivity index (χ0v) is 7.70. The quantitative estimate of drug-likeness (QED) is 0.658. The Morgan fingerprint density at radius 2 is 2.46 bits per heavy atom. The molecule has 0 aliphatic carbocycles. The number of nitrogens with zero attached hydrogens (tertiary/aromatic N) is 2.